The first kappa shape index (κ1) is 24.1. The van der Waals surface area contributed by atoms with Gasteiger partial charge in [0.05, 0.1) is 35.9 Å². The van der Waals surface area contributed by atoms with Gasteiger partial charge in [-0.25, -0.2) is 9.78 Å². The van der Waals surface area contributed by atoms with Gasteiger partial charge in [0.1, 0.15) is 5.75 Å². The molecule has 1 saturated carbocycles. The molecule has 1 aliphatic carbocycles. The van der Waals surface area contributed by atoms with Crippen molar-refractivity contribution in [3.63, 3.8) is 0 Å². The summed E-state index contributed by atoms with van der Waals surface area (Å²) in [5.41, 5.74) is 3.72. The number of carbonyl (C=O) groups excluding carboxylic acids is 1. The van der Waals surface area contributed by atoms with Gasteiger partial charge in [0.2, 0.25) is 0 Å². The second kappa shape index (κ2) is 9.79. The number of carbonyl (C=O) groups is 2. The summed E-state index contributed by atoms with van der Waals surface area (Å²) in [6.07, 6.45) is 7.07. The summed E-state index contributed by atoms with van der Waals surface area (Å²) in [6, 6.07) is 7.87. The average Bonchev–Trinajstić information content (AvgIpc) is 3.29. The number of amides is 1. The van der Waals surface area contributed by atoms with Crippen LogP contribution in [0.4, 0.5) is 10.5 Å². The minimum atomic E-state index is -0.719. The third-order valence-electron chi connectivity index (χ3n) is 7.58. The highest BCUT2D eigenvalue weighted by atomic mass is 16.5. The number of rotatable bonds is 5. The molecule has 1 N–H and O–H groups in total. The second-order valence-electron chi connectivity index (χ2n) is 9.79. The summed E-state index contributed by atoms with van der Waals surface area (Å²) in [5.74, 6) is 0.435. The molecule has 1 fully saturated rings. The number of fused-ring (bicyclic) bond motifs is 3. The molecule has 1 aromatic carbocycles. The van der Waals surface area contributed by atoms with Crippen molar-refractivity contribution in [2.75, 3.05) is 12.0 Å². The van der Waals surface area contributed by atoms with Gasteiger partial charge in [-0.2, -0.15) is 0 Å². The number of aryl methyl sites for hydroxylation is 1. The van der Waals surface area contributed by atoms with Gasteiger partial charge in [0, 0.05) is 23.8 Å². The first-order chi connectivity index (χ1) is 17.4. The summed E-state index contributed by atoms with van der Waals surface area (Å²) >= 11 is 0. The number of aromatic nitrogens is 3. The van der Waals surface area contributed by atoms with Crippen LogP contribution >= 0.6 is 0 Å². The van der Waals surface area contributed by atoms with E-state index in [0.29, 0.717) is 18.6 Å². The Balaban J connectivity index is 1.60. The number of imidazole rings is 1. The molecule has 5 rings (SSSR count). The van der Waals surface area contributed by atoms with E-state index in [1.165, 1.54) is 7.11 Å². The molecule has 0 radical (unpaired) electrons. The van der Waals surface area contributed by atoms with Crippen molar-refractivity contribution in [2.45, 2.75) is 70.6 Å². The zero-order valence-corrected chi connectivity index (χ0v) is 20.9. The van der Waals surface area contributed by atoms with Gasteiger partial charge in [0.15, 0.2) is 11.9 Å². The van der Waals surface area contributed by atoms with E-state index < -0.39 is 5.97 Å². The van der Waals surface area contributed by atoms with Crippen LogP contribution in [-0.2, 0) is 16.0 Å². The Morgan fingerprint density at radius 1 is 1.14 bits per heavy atom. The van der Waals surface area contributed by atoms with E-state index in [-0.39, 0.29) is 30.2 Å². The zero-order chi connectivity index (χ0) is 25.4. The number of benzene rings is 1. The van der Waals surface area contributed by atoms with E-state index >= 15 is 0 Å². The molecule has 2 aromatic heterocycles. The van der Waals surface area contributed by atoms with E-state index in [0.717, 1.165) is 53.8 Å². The van der Waals surface area contributed by atoms with Crippen LogP contribution in [0.25, 0.3) is 11.0 Å². The van der Waals surface area contributed by atoms with E-state index in [9.17, 15) is 14.7 Å². The van der Waals surface area contributed by atoms with E-state index in [4.69, 9.17) is 14.5 Å². The predicted octanol–water partition coefficient (Wildman–Crippen LogP) is 5.29. The minimum Gasteiger partial charge on any atom is -0.481 e. The van der Waals surface area contributed by atoms with Crippen LogP contribution in [0.15, 0.2) is 36.7 Å². The van der Waals surface area contributed by atoms with Gasteiger partial charge in [-0.15, -0.1) is 0 Å². The van der Waals surface area contributed by atoms with Crippen LogP contribution in [0.5, 0.6) is 5.75 Å². The van der Waals surface area contributed by atoms with Gasteiger partial charge < -0.3 is 19.1 Å². The minimum absolute atomic E-state index is 0.0306. The average molecular weight is 493 g/mol. The molecule has 1 aliphatic heterocycles. The van der Waals surface area contributed by atoms with Crippen molar-refractivity contribution in [3.8, 4) is 5.75 Å². The van der Waals surface area contributed by atoms with Gasteiger partial charge in [-0.3, -0.25) is 14.7 Å². The Kier molecular flexibility index (Phi) is 6.55. The number of carboxylic acids is 1. The lowest BCUT2D eigenvalue weighted by Crippen LogP contribution is -2.42. The Labute approximate surface area is 210 Å². The highest BCUT2D eigenvalue weighted by molar-refractivity contribution is 5.95. The third kappa shape index (κ3) is 4.27. The number of aliphatic carboxylic acids is 1. The molecule has 2 atom stereocenters. The number of nitrogens with zero attached hydrogens (tertiary/aromatic N) is 4. The number of hydrogen-bond acceptors (Lipinski definition) is 6. The molecule has 0 spiro atoms. The highest BCUT2D eigenvalue weighted by Gasteiger charge is 2.34. The van der Waals surface area contributed by atoms with Gasteiger partial charge >= 0.3 is 12.1 Å². The molecular weight excluding hydrogens is 460 g/mol. The molecule has 3 heterocycles. The van der Waals surface area contributed by atoms with Crippen molar-refractivity contribution < 1.29 is 24.2 Å². The normalized spacial score (nSPS) is 22.6. The summed E-state index contributed by atoms with van der Waals surface area (Å²) < 4.78 is 13.6. The molecule has 3 aromatic rings. The number of pyridine rings is 1. The topological polar surface area (TPSA) is 107 Å². The Hall–Kier alpha value is -3.62. The molecule has 1 amide bonds. The van der Waals surface area contributed by atoms with Crippen LogP contribution in [0.2, 0.25) is 0 Å². The second-order valence-corrected chi connectivity index (χ2v) is 9.79. The SMILES string of the molecule is COC(=O)N1c2ccc3c(nc([C@@H](C)Oc4cccnc4)n3C3CCC(C(=O)O)CC3)c2CCC1C. The molecule has 0 saturated heterocycles. The standard InChI is InChI=1S/C27H32N4O5/c1-16-6-11-21-22(30(16)27(34)35-3)12-13-23-24(21)29-25(17(2)36-20-5-4-14-28-15-20)31(23)19-9-7-18(8-10-19)26(32)33/h4-5,12-19H,6-11H2,1-3H3,(H,32,33)/t16?,17-,18?,19?/m1/s1. The lowest BCUT2D eigenvalue weighted by molar-refractivity contribution is -0.143. The van der Waals surface area contributed by atoms with E-state index in [1.54, 1.807) is 17.3 Å². The summed E-state index contributed by atoms with van der Waals surface area (Å²) in [7, 11) is 1.40. The fourth-order valence-electron chi connectivity index (χ4n) is 5.72. The fourth-order valence-corrected chi connectivity index (χ4v) is 5.72. The summed E-state index contributed by atoms with van der Waals surface area (Å²) in [4.78, 5) is 35.1. The first-order valence-electron chi connectivity index (χ1n) is 12.6. The van der Waals surface area contributed by atoms with Crippen molar-refractivity contribution in [3.05, 3.63) is 48.0 Å². The largest absolute Gasteiger partial charge is 0.481 e. The Morgan fingerprint density at radius 3 is 2.58 bits per heavy atom. The van der Waals surface area contributed by atoms with Crippen molar-refractivity contribution >= 4 is 28.8 Å². The number of anilines is 1. The van der Waals surface area contributed by atoms with Crippen LogP contribution in [0.1, 0.15) is 69.5 Å². The number of methoxy groups -OCH3 is 1. The number of hydrogen-bond donors (Lipinski definition) is 1. The molecule has 2 aliphatic rings. The predicted molar refractivity (Wildman–Crippen MR) is 134 cm³/mol. The maximum absolute atomic E-state index is 12.6. The van der Waals surface area contributed by atoms with E-state index in [1.807, 2.05) is 38.1 Å². The lowest BCUT2D eigenvalue weighted by atomic mass is 9.85. The third-order valence-corrected chi connectivity index (χ3v) is 7.58. The zero-order valence-electron chi connectivity index (χ0n) is 20.9. The molecule has 190 valence electrons. The maximum atomic E-state index is 12.6. The molecule has 9 nitrogen and oxygen atoms in total. The van der Waals surface area contributed by atoms with Crippen molar-refractivity contribution in [2.24, 2.45) is 5.92 Å². The monoisotopic (exact) mass is 492 g/mol. The molecular formula is C27H32N4O5. The molecule has 9 heteroatoms. The van der Waals surface area contributed by atoms with Crippen LogP contribution in [0.3, 0.4) is 0 Å². The van der Waals surface area contributed by atoms with Crippen LogP contribution in [-0.4, -0.2) is 44.9 Å². The number of carboxylic acid groups (broad SMARTS) is 1. The number of ether oxygens (including phenoxy) is 2. The van der Waals surface area contributed by atoms with E-state index in [2.05, 4.69) is 9.55 Å². The van der Waals surface area contributed by atoms with Gasteiger partial charge in [0.25, 0.3) is 0 Å². The van der Waals surface area contributed by atoms with Crippen LogP contribution < -0.4 is 9.64 Å². The Bertz CT molecular complexity index is 1270. The van der Waals surface area contributed by atoms with Crippen molar-refractivity contribution in [1.29, 1.82) is 0 Å². The highest BCUT2D eigenvalue weighted by Crippen LogP contribution is 2.41. The quantitative estimate of drug-likeness (QED) is 0.515. The van der Waals surface area contributed by atoms with Crippen LogP contribution in [0, 0.1) is 5.92 Å². The summed E-state index contributed by atoms with van der Waals surface area (Å²) in [6.45, 7) is 4.00. The molecule has 36 heavy (non-hydrogen) atoms. The molecule has 1 unspecified atom stereocenters. The Morgan fingerprint density at radius 2 is 1.92 bits per heavy atom. The smallest absolute Gasteiger partial charge is 0.414 e. The maximum Gasteiger partial charge on any atom is 0.414 e. The van der Waals surface area contributed by atoms with Gasteiger partial charge in [-0.05, 0) is 76.6 Å². The molecule has 0 bridgehead atoms. The summed E-state index contributed by atoms with van der Waals surface area (Å²) in [5, 5.41) is 9.49. The van der Waals surface area contributed by atoms with Gasteiger partial charge in [-0.1, -0.05) is 0 Å². The first-order valence-corrected chi connectivity index (χ1v) is 12.6. The fraction of sp³-hybridized carbons (Fsp3) is 0.481. The lowest BCUT2D eigenvalue weighted by Gasteiger charge is -2.34. The van der Waals surface area contributed by atoms with Crippen molar-refractivity contribution in [1.82, 2.24) is 14.5 Å².